The zero-order valence-corrected chi connectivity index (χ0v) is 10.3. The monoisotopic (exact) mass is 218 g/mol. The fourth-order valence-corrected chi connectivity index (χ4v) is 2.15. The van der Waals surface area contributed by atoms with Gasteiger partial charge >= 0.3 is 0 Å². The second-order valence-electron chi connectivity index (χ2n) is 4.04. The van der Waals surface area contributed by atoms with Gasteiger partial charge in [0.1, 0.15) is 5.75 Å². The van der Waals surface area contributed by atoms with E-state index in [1.54, 1.807) is 7.11 Å². The second-order valence-corrected chi connectivity index (χ2v) is 4.04. The average Bonchev–Trinajstić information content (AvgIpc) is 2.54. The van der Waals surface area contributed by atoms with Crippen molar-refractivity contribution in [2.75, 3.05) is 14.2 Å². The molecule has 1 heterocycles. The molecule has 1 aromatic heterocycles. The van der Waals surface area contributed by atoms with E-state index in [1.807, 2.05) is 13.1 Å². The molecule has 0 fully saturated rings. The molecule has 2 aromatic rings. The summed E-state index contributed by atoms with van der Waals surface area (Å²) < 4.78 is 7.47. The van der Waals surface area contributed by atoms with Crippen molar-refractivity contribution in [2.24, 2.45) is 7.05 Å². The minimum atomic E-state index is 0.898. The second kappa shape index (κ2) is 4.18. The lowest BCUT2D eigenvalue weighted by Crippen LogP contribution is -2.06. The van der Waals surface area contributed by atoms with Gasteiger partial charge < -0.3 is 14.6 Å². The smallest absolute Gasteiger partial charge is 0.120 e. The lowest BCUT2D eigenvalue weighted by Gasteiger charge is -2.01. The summed E-state index contributed by atoms with van der Waals surface area (Å²) in [6.07, 6.45) is 0. The molecule has 0 aliphatic rings. The van der Waals surface area contributed by atoms with Gasteiger partial charge in [-0.25, -0.2) is 0 Å². The third-order valence-corrected chi connectivity index (χ3v) is 3.18. The minimum absolute atomic E-state index is 0.898. The van der Waals surface area contributed by atoms with Crippen molar-refractivity contribution < 1.29 is 4.74 Å². The third kappa shape index (κ3) is 1.57. The highest BCUT2D eigenvalue weighted by atomic mass is 16.5. The van der Waals surface area contributed by atoms with E-state index < -0.39 is 0 Å². The molecular formula is C13H18N2O. The number of hydrogen-bond acceptors (Lipinski definition) is 2. The van der Waals surface area contributed by atoms with Crippen molar-refractivity contribution >= 4 is 10.9 Å². The van der Waals surface area contributed by atoms with Crippen LogP contribution in [0.2, 0.25) is 0 Å². The first-order chi connectivity index (χ1) is 7.69. The van der Waals surface area contributed by atoms with Gasteiger partial charge in [-0.3, -0.25) is 0 Å². The molecule has 0 saturated heterocycles. The number of rotatable bonds is 3. The van der Waals surface area contributed by atoms with Gasteiger partial charge in [-0.2, -0.15) is 0 Å². The number of fused-ring (bicyclic) bond motifs is 1. The Hall–Kier alpha value is -1.48. The normalized spacial score (nSPS) is 11.0. The molecule has 0 unspecified atom stereocenters. The molecule has 0 saturated carbocycles. The van der Waals surface area contributed by atoms with Crippen LogP contribution in [-0.4, -0.2) is 18.7 Å². The van der Waals surface area contributed by atoms with E-state index in [1.165, 1.54) is 22.2 Å². The fourth-order valence-electron chi connectivity index (χ4n) is 2.15. The first kappa shape index (κ1) is 11.0. The van der Waals surface area contributed by atoms with E-state index in [0.717, 1.165) is 12.3 Å². The summed E-state index contributed by atoms with van der Waals surface area (Å²) in [6, 6.07) is 6.23. The number of ether oxygens (including phenoxy) is 1. The molecule has 0 amide bonds. The Bertz CT molecular complexity index is 514. The van der Waals surface area contributed by atoms with Crippen molar-refractivity contribution in [1.82, 2.24) is 9.88 Å². The molecule has 3 heteroatoms. The number of aryl methyl sites for hydroxylation is 1. The Morgan fingerprint density at radius 3 is 2.75 bits per heavy atom. The first-order valence-corrected chi connectivity index (χ1v) is 5.45. The van der Waals surface area contributed by atoms with E-state index in [9.17, 15) is 0 Å². The zero-order valence-electron chi connectivity index (χ0n) is 10.3. The summed E-state index contributed by atoms with van der Waals surface area (Å²) in [6.45, 7) is 3.05. The zero-order chi connectivity index (χ0) is 11.7. The predicted octanol–water partition coefficient (Wildman–Crippen LogP) is 2.21. The molecule has 0 aliphatic heterocycles. The van der Waals surface area contributed by atoms with Gasteiger partial charge in [0, 0.05) is 30.7 Å². The Morgan fingerprint density at radius 1 is 1.38 bits per heavy atom. The summed E-state index contributed by atoms with van der Waals surface area (Å²) in [7, 11) is 5.77. The fraction of sp³-hybridized carbons (Fsp3) is 0.385. The van der Waals surface area contributed by atoms with Crippen LogP contribution >= 0.6 is 0 Å². The summed E-state index contributed by atoms with van der Waals surface area (Å²) in [5.41, 5.74) is 3.89. The quantitative estimate of drug-likeness (QED) is 0.855. The predicted molar refractivity (Wildman–Crippen MR) is 67.0 cm³/mol. The van der Waals surface area contributed by atoms with Crippen LogP contribution in [0, 0.1) is 6.92 Å². The van der Waals surface area contributed by atoms with Gasteiger partial charge in [-0.1, -0.05) is 0 Å². The highest BCUT2D eigenvalue weighted by Gasteiger charge is 2.11. The summed E-state index contributed by atoms with van der Waals surface area (Å²) in [5.74, 6) is 0.907. The van der Waals surface area contributed by atoms with Gasteiger partial charge in [-0.05, 0) is 31.7 Å². The Morgan fingerprint density at radius 2 is 2.12 bits per heavy atom. The van der Waals surface area contributed by atoms with Crippen LogP contribution in [0.25, 0.3) is 10.9 Å². The summed E-state index contributed by atoms with van der Waals surface area (Å²) in [4.78, 5) is 0. The standard InChI is InChI=1S/C13H18N2O/c1-9-12(8-14-2)11-6-5-10(16-4)7-13(11)15(9)3/h5-7,14H,8H2,1-4H3. The van der Waals surface area contributed by atoms with E-state index in [2.05, 4.69) is 36.0 Å². The van der Waals surface area contributed by atoms with Crippen LogP contribution in [0.3, 0.4) is 0 Å². The number of aromatic nitrogens is 1. The van der Waals surface area contributed by atoms with Gasteiger partial charge in [0.15, 0.2) is 0 Å². The van der Waals surface area contributed by atoms with Crippen LogP contribution in [0.5, 0.6) is 5.75 Å². The lowest BCUT2D eigenvalue weighted by atomic mass is 10.1. The molecule has 3 nitrogen and oxygen atoms in total. The summed E-state index contributed by atoms with van der Waals surface area (Å²) >= 11 is 0. The molecule has 0 radical (unpaired) electrons. The number of nitrogens with one attached hydrogen (secondary N) is 1. The average molecular weight is 218 g/mol. The molecule has 1 N–H and O–H groups in total. The van der Waals surface area contributed by atoms with E-state index >= 15 is 0 Å². The number of benzene rings is 1. The van der Waals surface area contributed by atoms with E-state index in [-0.39, 0.29) is 0 Å². The van der Waals surface area contributed by atoms with Gasteiger partial charge in [0.2, 0.25) is 0 Å². The summed E-state index contributed by atoms with van der Waals surface area (Å²) in [5, 5.41) is 4.52. The first-order valence-electron chi connectivity index (χ1n) is 5.45. The molecule has 2 rings (SSSR count). The number of nitrogens with zero attached hydrogens (tertiary/aromatic N) is 1. The minimum Gasteiger partial charge on any atom is -0.497 e. The van der Waals surface area contributed by atoms with Crippen molar-refractivity contribution in [3.8, 4) is 5.75 Å². The maximum absolute atomic E-state index is 5.26. The van der Waals surface area contributed by atoms with Crippen LogP contribution in [0.1, 0.15) is 11.3 Å². The molecule has 0 bridgehead atoms. The van der Waals surface area contributed by atoms with Crippen molar-refractivity contribution in [2.45, 2.75) is 13.5 Å². The maximum atomic E-state index is 5.26. The van der Waals surface area contributed by atoms with E-state index in [0.29, 0.717) is 0 Å². The lowest BCUT2D eigenvalue weighted by molar-refractivity contribution is 0.415. The molecule has 16 heavy (non-hydrogen) atoms. The Labute approximate surface area is 96.0 Å². The Kier molecular flexibility index (Phi) is 2.88. The Balaban J connectivity index is 2.69. The van der Waals surface area contributed by atoms with Gasteiger partial charge in [0.05, 0.1) is 12.6 Å². The molecule has 0 atom stereocenters. The van der Waals surface area contributed by atoms with Gasteiger partial charge in [0.25, 0.3) is 0 Å². The topological polar surface area (TPSA) is 26.2 Å². The molecule has 0 aliphatic carbocycles. The maximum Gasteiger partial charge on any atom is 0.120 e. The van der Waals surface area contributed by atoms with Crippen molar-refractivity contribution in [3.05, 3.63) is 29.5 Å². The van der Waals surface area contributed by atoms with Crippen LogP contribution in [-0.2, 0) is 13.6 Å². The number of hydrogen-bond donors (Lipinski definition) is 1. The highest BCUT2D eigenvalue weighted by molar-refractivity contribution is 5.86. The highest BCUT2D eigenvalue weighted by Crippen LogP contribution is 2.28. The van der Waals surface area contributed by atoms with Crippen LogP contribution in [0.15, 0.2) is 18.2 Å². The van der Waals surface area contributed by atoms with Crippen molar-refractivity contribution in [3.63, 3.8) is 0 Å². The molecule has 0 spiro atoms. The van der Waals surface area contributed by atoms with Crippen LogP contribution < -0.4 is 10.1 Å². The van der Waals surface area contributed by atoms with Crippen molar-refractivity contribution in [1.29, 1.82) is 0 Å². The number of methoxy groups -OCH3 is 1. The molecular weight excluding hydrogens is 200 g/mol. The third-order valence-electron chi connectivity index (χ3n) is 3.18. The SMILES string of the molecule is CNCc1c(C)n(C)c2cc(OC)ccc12. The molecule has 86 valence electrons. The largest absolute Gasteiger partial charge is 0.497 e. The van der Waals surface area contributed by atoms with E-state index in [4.69, 9.17) is 4.74 Å². The van der Waals surface area contributed by atoms with Gasteiger partial charge in [-0.15, -0.1) is 0 Å². The molecule has 1 aromatic carbocycles. The van der Waals surface area contributed by atoms with Crippen LogP contribution in [0.4, 0.5) is 0 Å².